The fourth-order valence-electron chi connectivity index (χ4n) is 2.29. The van der Waals surface area contributed by atoms with Crippen molar-refractivity contribution in [1.82, 2.24) is 25.1 Å². The molecule has 1 amide bonds. The van der Waals surface area contributed by atoms with E-state index in [2.05, 4.69) is 20.6 Å². The van der Waals surface area contributed by atoms with E-state index in [0.29, 0.717) is 5.69 Å². The third-order valence-corrected chi connectivity index (χ3v) is 4.34. The van der Waals surface area contributed by atoms with Crippen LogP contribution in [-0.4, -0.2) is 25.7 Å². The molecule has 0 aliphatic carbocycles. The van der Waals surface area contributed by atoms with Gasteiger partial charge in [-0.25, -0.2) is 4.52 Å². The summed E-state index contributed by atoms with van der Waals surface area (Å²) >= 11 is 1.58. The van der Waals surface area contributed by atoms with Gasteiger partial charge in [0.15, 0.2) is 11.2 Å². The Morgan fingerprint density at radius 1 is 1.55 bits per heavy atom. The average Bonchev–Trinajstić information content (AvgIpc) is 3.13. The molecule has 3 rings (SSSR count). The van der Waals surface area contributed by atoms with Crippen LogP contribution in [0.1, 0.15) is 40.4 Å². The van der Waals surface area contributed by atoms with E-state index in [4.69, 9.17) is 0 Å². The number of nitrogens with zero attached hydrogens (tertiary/aromatic N) is 3. The molecule has 0 unspecified atom stereocenters. The summed E-state index contributed by atoms with van der Waals surface area (Å²) in [5, 5.41) is 12.6. The Balaban J connectivity index is 1.94. The summed E-state index contributed by atoms with van der Waals surface area (Å²) in [5.74, 6) is -0.399. The maximum Gasteiger partial charge on any atom is 0.276 e. The van der Waals surface area contributed by atoms with Crippen LogP contribution in [0.15, 0.2) is 28.5 Å². The van der Waals surface area contributed by atoms with Crippen LogP contribution in [-0.2, 0) is 0 Å². The quantitative estimate of drug-likeness (QED) is 0.765. The molecule has 0 fully saturated rings. The first-order valence-electron chi connectivity index (χ1n) is 6.89. The van der Waals surface area contributed by atoms with Gasteiger partial charge in [-0.05, 0) is 24.8 Å². The van der Waals surface area contributed by atoms with Crippen molar-refractivity contribution in [1.29, 1.82) is 0 Å². The first-order valence-corrected chi connectivity index (χ1v) is 7.77. The van der Waals surface area contributed by atoms with Gasteiger partial charge in [0.1, 0.15) is 0 Å². The van der Waals surface area contributed by atoms with E-state index >= 15 is 0 Å². The number of amides is 1. The lowest BCUT2D eigenvalue weighted by molar-refractivity contribution is 0.0932. The van der Waals surface area contributed by atoms with Crippen LogP contribution >= 0.6 is 11.3 Å². The summed E-state index contributed by atoms with van der Waals surface area (Å²) in [5.41, 5.74) is 0.471. The fraction of sp³-hybridized carbons (Fsp3) is 0.286. The normalized spacial score (nSPS) is 12.5. The summed E-state index contributed by atoms with van der Waals surface area (Å²) in [6.07, 6.45) is 2.37. The number of hydrogen-bond donors (Lipinski definition) is 2. The largest absolute Gasteiger partial charge is 0.343 e. The topological polar surface area (TPSA) is 92.2 Å². The number of carbonyl (C=O) groups excluding carboxylic acids is 1. The Bertz CT molecular complexity index is 865. The van der Waals surface area contributed by atoms with Gasteiger partial charge in [-0.2, -0.15) is 0 Å². The first kappa shape index (κ1) is 14.5. The zero-order valence-electron chi connectivity index (χ0n) is 12.2. The van der Waals surface area contributed by atoms with E-state index in [-0.39, 0.29) is 22.8 Å². The molecule has 22 heavy (non-hydrogen) atoms. The minimum Gasteiger partial charge on any atom is -0.343 e. The zero-order valence-corrected chi connectivity index (χ0v) is 13.0. The number of H-pyrrole nitrogens is 1. The van der Waals surface area contributed by atoms with Gasteiger partial charge in [0.25, 0.3) is 11.5 Å². The molecule has 1 atom stereocenters. The Kier molecular flexibility index (Phi) is 3.76. The van der Waals surface area contributed by atoms with Crippen molar-refractivity contribution in [3.8, 4) is 0 Å². The van der Waals surface area contributed by atoms with Crippen LogP contribution in [0.2, 0.25) is 0 Å². The minimum absolute atomic E-state index is 0.0382. The molecular formula is C14H15N5O2S. The number of nitrogens with one attached hydrogen (secondary N) is 2. The molecular weight excluding hydrogens is 302 g/mol. The van der Waals surface area contributed by atoms with Gasteiger partial charge >= 0.3 is 0 Å². The smallest absolute Gasteiger partial charge is 0.276 e. The maximum absolute atomic E-state index is 12.4. The molecule has 0 saturated carbocycles. The van der Waals surface area contributed by atoms with Gasteiger partial charge < -0.3 is 10.3 Å². The highest BCUT2D eigenvalue weighted by atomic mass is 32.1. The van der Waals surface area contributed by atoms with Gasteiger partial charge in [-0.1, -0.05) is 18.2 Å². The second-order valence-electron chi connectivity index (χ2n) is 4.95. The van der Waals surface area contributed by atoms with Gasteiger partial charge in [0.05, 0.1) is 12.2 Å². The number of fused-ring (bicyclic) bond motifs is 1. The predicted octanol–water partition coefficient (Wildman–Crippen LogP) is 1.67. The maximum atomic E-state index is 12.4. The molecule has 3 aromatic rings. The molecule has 3 heterocycles. The molecule has 0 aromatic carbocycles. The molecule has 8 heteroatoms. The highest BCUT2D eigenvalue weighted by Crippen LogP contribution is 2.22. The average molecular weight is 317 g/mol. The third kappa shape index (κ3) is 2.52. The van der Waals surface area contributed by atoms with E-state index in [0.717, 1.165) is 11.3 Å². The van der Waals surface area contributed by atoms with Gasteiger partial charge in [0, 0.05) is 10.6 Å². The summed E-state index contributed by atoms with van der Waals surface area (Å²) in [6, 6.07) is 3.81. The van der Waals surface area contributed by atoms with Crippen molar-refractivity contribution in [2.75, 3.05) is 0 Å². The fourth-order valence-corrected chi connectivity index (χ4v) is 3.15. The first-order chi connectivity index (χ1) is 10.6. The summed E-state index contributed by atoms with van der Waals surface area (Å²) in [4.78, 5) is 28.2. The second kappa shape index (κ2) is 5.72. The Labute approximate surface area is 130 Å². The van der Waals surface area contributed by atoms with Crippen molar-refractivity contribution in [3.05, 3.63) is 50.3 Å². The number of aromatic amines is 1. The Morgan fingerprint density at radius 3 is 3.05 bits per heavy atom. The predicted molar refractivity (Wildman–Crippen MR) is 83.2 cm³/mol. The molecule has 0 spiro atoms. The van der Waals surface area contributed by atoms with Crippen molar-refractivity contribution in [2.24, 2.45) is 0 Å². The summed E-state index contributed by atoms with van der Waals surface area (Å²) < 4.78 is 1.33. The number of carbonyl (C=O) groups is 1. The molecule has 7 nitrogen and oxygen atoms in total. The van der Waals surface area contributed by atoms with Gasteiger partial charge in [0.2, 0.25) is 0 Å². The van der Waals surface area contributed by atoms with E-state index in [1.54, 1.807) is 24.5 Å². The molecule has 0 aliphatic heterocycles. The lowest BCUT2D eigenvalue weighted by Crippen LogP contribution is -2.29. The number of aryl methyl sites for hydroxylation is 1. The lowest BCUT2D eigenvalue weighted by atomic mass is 10.2. The van der Waals surface area contributed by atoms with E-state index in [9.17, 15) is 9.59 Å². The van der Waals surface area contributed by atoms with Crippen molar-refractivity contribution < 1.29 is 4.79 Å². The van der Waals surface area contributed by atoms with Crippen molar-refractivity contribution >= 4 is 22.8 Å². The van der Waals surface area contributed by atoms with Crippen molar-refractivity contribution in [2.45, 2.75) is 26.3 Å². The SMILES string of the molecule is CC[C@H](NC(=O)c1nnn2cc(C)[nH]c(=O)c12)c1cccs1. The van der Waals surface area contributed by atoms with Gasteiger partial charge in [-0.3, -0.25) is 9.59 Å². The van der Waals surface area contributed by atoms with E-state index in [1.807, 2.05) is 24.4 Å². The number of hydrogen-bond acceptors (Lipinski definition) is 5. The molecule has 2 N–H and O–H groups in total. The van der Waals surface area contributed by atoms with Gasteiger partial charge in [-0.15, -0.1) is 16.4 Å². The van der Waals surface area contributed by atoms with Crippen LogP contribution in [0.4, 0.5) is 0 Å². The Hall–Kier alpha value is -2.48. The summed E-state index contributed by atoms with van der Waals surface area (Å²) in [6.45, 7) is 3.73. The highest BCUT2D eigenvalue weighted by molar-refractivity contribution is 7.10. The van der Waals surface area contributed by atoms with Crippen LogP contribution in [0, 0.1) is 6.92 Å². The van der Waals surface area contributed by atoms with E-state index < -0.39 is 5.91 Å². The van der Waals surface area contributed by atoms with Crippen LogP contribution < -0.4 is 10.9 Å². The molecule has 0 radical (unpaired) electrons. The molecule has 3 aromatic heterocycles. The zero-order chi connectivity index (χ0) is 15.7. The number of aromatic nitrogens is 4. The third-order valence-electron chi connectivity index (χ3n) is 3.35. The lowest BCUT2D eigenvalue weighted by Gasteiger charge is -2.14. The molecule has 114 valence electrons. The highest BCUT2D eigenvalue weighted by Gasteiger charge is 2.21. The minimum atomic E-state index is -0.399. The number of thiophene rings is 1. The number of rotatable bonds is 4. The van der Waals surface area contributed by atoms with Crippen molar-refractivity contribution in [3.63, 3.8) is 0 Å². The molecule has 0 saturated heterocycles. The summed E-state index contributed by atoms with van der Waals surface area (Å²) in [7, 11) is 0. The molecule has 0 bridgehead atoms. The molecule has 0 aliphatic rings. The van der Waals surface area contributed by atoms with Crippen LogP contribution in [0.5, 0.6) is 0 Å². The second-order valence-corrected chi connectivity index (χ2v) is 5.93. The Morgan fingerprint density at radius 2 is 2.36 bits per heavy atom. The van der Waals surface area contributed by atoms with Crippen LogP contribution in [0.3, 0.4) is 0 Å². The monoisotopic (exact) mass is 317 g/mol. The van der Waals surface area contributed by atoms with E-state index in [1.165, 1.54) is 4.52 Å². The van der Waals surface area contributed by atoms with Crippen LogP contribution in [0.25, 0.3) is 5.52 Å². The standard InChI is InChI=1S/C14H15N5O2S/c1-3-9(10-5-4-6-22-10)16-13(20)11-12-14(21)15-8(2)7-19(12)18-17-11/h4-7,9H,3H2,1-2H3,(H,15,21)(H,16,20)/t9-/m0/s1.